The Morgan fingerprint density at radius 1 is 1.00 bits per heavy atom. The highest BCUT2D eigenvalue weighted by atomic mass is 16.2. The molecule has 0 unspecified atom stereocenters. The summed E-state index contributed by atoms with van der Waals surface area (Å²) in [6.07, 6.45) is 1.69. The molecule has 18 heavy (non-hydrogen) atoms. The van der Waals surface area contributed by atoms with Crippen LogP contribution in [0.4, 0.5) is 0 Å². The molecule has 3 heteroatoms. The van der Waals surface area contributed by atoms with Gasteiger partial charge in [-0.3, -0.25) is 14.5 Å². The number of rotatable bonds is 2. The minimum atomic E-state index is -0.0365. The normalized spacial score (nSPS) is 16.3. The molecule has 1 saturated heterocycles. The first-order valence-corrected chi connectivity index (χ1v) is 6.39. The number of hydrogen-bond donors (Lipinski definition) is 0. The quantitative estimate of drug-likeness (QED) is 0.751. The maximum Gasteiger partial charge on any atom is 0.229 e. The number of piperidine rings is 1. The highest BCUT2D eigenvalue weighted by Crippen LogP contribution is 2.21. The number of benzene rings is 1. The van der Waals surface area contributed by atoms with Gasteiger partial charge in [0, 0.05) is 12.8 Å². The smallest absolute Gasteiger partial charge is 0.229 e. The van der Waals surface area contributed by atoms with E-state index in [2.05, 4.69) is 19.1 Å². The van der Waals surface area contributed by atoms with Crippen LogP contribution in [0.1, 0.15) is 41.5 Å². The molecule has 0 saturated carbocycles. The van der Waals surface area contributed by atoms with Crippen LogP contribution in [0.25, 0.3) is 0 Å². The van der Waals surface area contributed by atoms with Gasteiger partial charge in [-0.25, -0.2) is 0 Å². The highest BCUT2D eigenvalue weighted by molar-refractivity contribution is 5.97. The Bertz CT molecular complexity index is 466. The number of nitrogens with zero attached hydrogens (tertiary/aromatic N) is 1. The first-order valence-electron chi connectivity index (χ1n) is 6.39. The largest absolute Gasteiger partial charge is 0.278 e. The van der Waals surface area contributed by atoms with Gasteiger partial charge in [-0.05, 0) is 43.9 Å². The van der Waals surface area contributed by atoms with Gasteiger partial charge in [0.2, 0.25) is 11.8 Å². The van der Waals surface area contributed by atoms with E-state index in [1.807, 2.05) is 13.8 Å². The number of hydrogen-bond acceptors (Lipinski definition) is 2. The lowest BCUT2D eigenvalue weighted by atomic mass is 9.98. The van der Waals surface area contributed by atoms with Crippen LogP contribution in [-0.4, -0.2) is 16.7 Å². The van der Waals surface area contributed by atoms with Gasteiger partial charge in [-0.1, -0.05) is 17.7 Å². The molecular weight excluding hydrogens is 226 g/mol. The van der Waals surface area contributed by atoms with Gasteiger partial charge in [0.1, 0.15) is 0 Å². The van der Waals surface area contributed by atoms with Gasteiger partial charge in [0.05, 0.1) is 6.54 Å². The fourth-order valence-electron chi connectivity index (χ4n) is 2.59. The summed E-state index contributed by atoms with van der Waals surface area (Å²) in [6.45, 7) is 6.55. The molecule has 0 N–H and O–H groups in total. The molecular formula is C15H19NO2. The fourth-order valence-corrected chi connectivity index (χ4v) is 2.59. The maximum absolute atomic E-state index is 11.8. The predicted molar refractivity (Wildman–Crippen MR) is 70.1 cm³/mol. The molecule has 1 fully saturated rings. The molecule has 0 atom stereocenters. The molecule has 1 aliphatic heterocycles. The Balaban J connectivity index is 2.28. The number of carbonyl (C=O) groups is 2. The van der Waals surface area contributed by atoms with E-state index in [1.165, 1.54) is 10.5 Å². The third-order valence-corrected chi connectivity index (χ3v) is 3.54. The highest BCUT2D eigenvalue weighted by Gasteiger charge is 2.26. The van der Waals surface area contributed by atoms with Crippen LogP contribution >= 0.6 is 0 Å². The van der Waals surface area contributed by atoms with Crippen molar-refractivity contribution in [2.75, 3.05) is 0 Å². The second-order valence-electron chi connectivity index (χ2n) is 5.10. The van der Waals surface area contributed by atoms with Crippen LogP contribution in [0.5, 0.6) is 0 Å². The Kier molecular flexibility index (Phi) is 3.50. The second kappa shape index (κ2) is 4.92. The lowest BCUT2D eigenvalue weighted by molar-refractivity contribution is -0.148. The predicted octanol–water partition coefficient (Wildman–Crippen LogP) is 2.65. The van der Waals surface area contributed by atoms with Crippen LogP contribution in [0.15, 0.2) is 12.1 Å². The van der Waals surface area contributed by atoms with Crippen LogP contribution in [0.3, 0.4) is 0 Å². The number of amides is 2. The SMILES string of the molecule is Cc1cc(C)c(CN2C(=O)CCCC2=O)c(C)c1. The summed E-state index contributed by atoms with van der Waals surface area (Å²) in [4.78, 5) is 25.0. The van der Waals surface area contributed by atoms with Gasteiger partial charge in [-0.2, -0.15) is 0 Å². The summed E-state index contributed by atoms with van der Waals surface area (Å²) in [7, 11) is 0. The molecule has 0 bridgehead atoms. The average molecular weight is 245 g/mol. The third-order valence-electron chi connectivity index (χ3n) is 3.54. The Morgan fingerprint density at radius 2 is 1.50 bits per heavy atom. The zero-order valence-electron chi connectivity index (χ0n) is 11.2. The molecule has 3 nitrogen and oxygen atoms in total. The van der Waals surface area contributed by atoms with Crippen molar-refractivity contribution in [1.29, 1.82) is 0 Å². The molecule has 0 aromatic heterocycles. The maximum atomic E-state index is 11.8. The van der Waals surface area contributed by atoms with Gasteiger partial charge in [0.25, 0.3) is 0 Å². The number of carbonyl (C=O) groups excluding carboxylic acids is 2. The van der Waals surface area contributed by atoms with Crippen LogP contribution in [0.2, 0.25) is 0 Å². The van der Waals surface area contributed by atoms with Crippen molar-refractivity contribution >= 4 is 11.8 Å². The van der Waals surface area contributed by atoms with E-state index in [4.69, 9.17) is 0 Å². The van der Waals surface area contributed by atoms with Crippen LogP contribution < -0.4 is 0 Å². The zero-order valence-corrected chi connectivity index (χ0v) is 11.2. The number of aryl methyl sites for hydroxylation is 3. The lowest BCUT2D eigenvalue weighted by Gasteiger charge is -2.26. The third kappa shape index (κ3) is 2.45. The van der Waals surface area contributed by atoms with Crippen LogP contribution in [0, 0.1) is 20.8 Å². The lowest BCUT2D eigenvalue weighted by Crippen LogP contribution is -2.39. The molecule has 2 rings (SSSR count). The minimum Gasteiger partial charge on any atom is -0.278 e. The molecule has 1 aromatic rings. The molecule has 96 valence electrons. The van der Waals surface area contributed by atoms with Gasteiger partial charge >= 0.3 is 0 Å². The molecule has 0 spiro atoms. The average Bonchev–Trinajstić information content (AvgIpc) is 2.26. The van der Waals surface area contributed by atoms with E-state index >= 15 is 0 Å². The number of likely N-dealkylation sites (tertiary alicyclic amines) is 1. The van der Waals surface area contributed by atoms with E-state index in [9.17, 15) is 9.59 Å². The molecule has 1 heterocycles. The van der Waals surface area contributed by atoms with Crippen molar-refractivity contribution in [3.05, 3.63) is 34.4 Å². The Labute approximate surface area is 108 Å². The van der Waals surface area contributed by atoms with Gasteiger partial charge in [0.15, 0.2) is 0 Å². The van der Waals surface area contributed by atoms with Crippen molar-refractivity contribution in [2.24, 2.45) is 0 Å². The topological polar surface area (TPSA) is 37.4 Å². The summed E-state index contributed by atoms with van der Waals surface area (Å²) < 4.78 is 0. The summed E-state index contributed by atoms with van der Waals surface area (Å²) in [6, 6.07) is 4.20. The zero-order chi connectivity index (χ0) is 13.3. The molecule has 1 aromatic carbocycles. The summed E-state index contributed by atoms with van der Waals surface area (Å²) in [5.74, 6) is -0.0729. The summed E-state index contributed by atoms with van der Waals surface area (Å²) >= 11 is 0. The summed E-state index contributed by atoms with van der Waals surface area (Å²) in [5.41, 5.74) is 4.62. The van der Waals surface area contributed by atoms with Crippen molar-refractivity contribution in [3.8, 4) is 0 Å². The van der Waals surface area contributed by atoms with Crippen molar-refractivity contribution in [2.45, 2.75) is 46.6 Å². The number of imide groups is 1. The first kappa shape index (κ1) is 12.8. The van der Waals surface area contributed by atoms with Gasteiger partial charge < -0.3 is 0 Å². The fraction of sp³-hybridized carbons (Fsp3) is 0.467. The van der Waals surface area contributed by atoms with Crippen molar-refractivity contribution in [3.63, 3.8) is 0 Å². The van der Waals surface area contributed by atoms with E-state index in [0.29, 0.717) is 25.8 Å². The van der Waals surface area contributed by atoms with E-state index in [-0.39, 0.29) is 11.8 Å². The standard InChI is InChI=1S/C15H19NO2/c1-10-7-11(2)13(12(3)8-10)9-16-14(17)5-4-6-15(16)18/h7-8H,4-6,9H2,1-3H3. The first-order chi connectivity index (χ1) is 8.49. The summed E-state index contributed by atoms with van der Waals surface area (Å²) in [5, 5.41) is 0. The monoisotopic (exact) mass is 245 g/mol. The Hall–Kier alpha value is -1.64. The van der Waals surface area contributed by atoms with Crippen LogP contribution in [-0.2, 0) is 16.1 Å². The van der Waals surface area contributed by atoms with E-state index in [0.717, 1.165) is 16.7 Å². The molecule has 1 aliphatic rings. The molecule has 0 radical (unpaired) electrons. The van der Waals surface area contributed by atoms with Gasteiger partial charge in [-0.15, -0.1) is 0 Å². The van der Waals surface area contributed by atoms with E-state index in [1.54, 1.807) is 0 Å². The Morgan fingerprint density at radius 3 is 2.00 bits per heavy atom. The molecule has 0 aliphatic carbocycles. The van der Waals surface area contributed by atoms with Crippen molar-refractivity contribution < 1.29 is 9.59 Å². The minimum absolute atomic E-state index is 0.0365. The van der Waals surface area contributed by atoms with E-state index < -0.39 is 0 Å². The second-order valence-corrected chi connectivity index (χ2v) is 5.10. The van der Waals surface area contributed by atoms with Crippen molar-refractivity contribution in [1.82, 2.24) is 4.90 Å². The molecule has 2 amide bonds.